The van der Waals surface area contributed by atoms with Gasteiger partial charge in [-0.1, -0.05) is 12.1 Å². The molecule has 2 aromatic rings. The molecule has 1 fully saturated rings. The van der Waals surface area contributed by atoms with Crippen LogP contribution in [0.1, 0.15) is 24.4 Å². The first-order chi connectivity index (χ1) is 12.0. The molecule has 1 aliphatic rings. The minimum absolute atomic E-state index is 0.133. The summed E-state index contributed by atoms with van der Waals surface area (Å²) >= 11 is 0. The molecule has 0 radical (unpaired) electrons. The number of hydrogen-bond acceptors (Lipinski definition) is 4. The highest BCUT2D eigenvalue weighted by molar-refractivity contribution is 7.89. The summed E-state index contributed by atoms with van der Waals surface area (Å²) in [4.78, 5) is 0.133. The van der Waals surface area contributed by atoms with Crippen LogP contribution in [0, 0.1) is 5.82 Å². The fourth-order valence-corrected chi connectivity index (χ4v) is 4.89. The van der Waals surface area contributed by atoms with Crippen molar-refractivity contribution in [1.82, 2.24) is 4.31 Å². The van der Waals surface area contributed by atoms with Gasteiger partial charge in [0.1, 0.15) is 5.82 Å². The van der Waals surface area contributed by atoms with Crippen LogP contribution < -0.4 is 9.47 Å². The van der Waals surface area contributed by atoms with Crippen molar-refractivity contribution in [2.24, 2.45) is 0 Å². The molecule has 0 saturated carbocycles. The van der Waals surface area contributed by atoms with Crippen molar-refractivity contribution in [2.75, 3.05) is 20.8 Å². The largest absolute Gasteiger partial charge is 0.493 e. The number of halogens is 1. The maximum absolute atomic E-state index is 13.6. The Morgan fingerprint density at radius 2 is 1.84 bits per heavy atom. The summed E-state index contributed by atoms with van der Waals surface area (Å²) in [5, 5.41) is 0. The molecule has 0 amide bonds. The number of rotatable bonds is 5. The van der Waals surface area contributed by atoms with Crippen molar-refractivity contribution < 1.29 is 22.3 Å². The van der Waals surface area contributed by atoms with E-state index >= 15 is 0 Å². The van der Waals surface area contributed by atoms with Gasteiger partial charge < -0.3 is 9.47 Å². The van der Waals surface area contributed by atoms with Gasteiger partial charge in [0.25, 0.3) is 0 Å². The molecule has 1 aliphatic heterocycles. The minimum Gasteiger partial charge on any atom is -0.493 e. The van der Waals surface area contributed by atoms with E-state index < -0.39 is 10.0 Å². The standard InChI is InChI=1S/C18H20FNO4S/c1-23-17-9-8-15(12-18(17)24-2)25(21,22)20-10-4-7-16(20)13-5-3-6-14(19)11-13/h3,5-6,8-9,11-12,16H,4,7,10H2,1-2H3. The lowest BCUT2D eigenvalue weighted by molar-refractivity contribution is 0.353. The zero-order valence-electron chi connectivity index (χ0n) is 14.1. The summed E-state index contributed by atoms with van der Waals surface area (Å²) in [5.74, 6) is 0.447. The molecule has 1 saturated heterocycles. The fraction of sp³-hybridized carbons (Fsp3) is 0.333. The van der Waals surface area contributed by atoms with Gasteiger partial charge in [-0.3, -0.25) is 0 Å². The summed E-state index contributed by atoms with van der Waals surface area (Å²) in [7, 11) is -0.781. The van der Waals surface area contributed by atoms with Gasteiger partial charge in [0.15, 0.2) is 11.5 Å². The lowest BCUT2D eigenvalue weighted by Gasteiger charge is -2.25. The molecule has 1 atom stereocenters. The number of hydrogen-bond donors (Lipinski definition) is 0. The first kappa shape index (κ1) is 17.7. The number of ether oxygens (including phenoxy) is 2. The van der Waals surface area contributed by atoms with E-state index in [1.54, 1.807) is 18.2 Å². The predicted molar refractivity (Wildman–Crippen MR) is 91.8 cm³/mol. The molecule has 3 rings (SSSR count). The van der Waals surface area contributed by atoms with Gasteiger partial charge in [0.05, 0.1) is 25.2 Å². The zero-order chi connectivity index (χ0) is 18.0. The highest BCUT2D eigenvalue weighted by Gasteiger charge is 2.36. The normalized spacial score (nSPS) is 18.3. The van der Waals surface area contributed by atoms with Crippen LogP contribution in [0.4, 0.5) is 4.39 Å². The molecule has 134 valence electrons. The third-order valence-corrected chi connectivity index (χ3v) is 6.30. The molecule has 2 aromatic carbocycles. The third kappa shape index (κ3) is 3.34. The SMILES string of the molecule is COc1ccc(S(=O)(=O)N2CCCC2c2cccc(F)c2)cc1OC. The molecule has 7 heteroatoms. The number of nitrogens with zero attached hydrogens (tertiary/aromatic N) is 1. The zero-order valence-corrected chi connectivity index (χ0v) is 14.9. The average Bonchev–Trinajstić information content (AvgIpc) is 3.11. The monoisotopic (exact) mass is 365 g/mol. The molecule has 0 N–H and O–H groups in total. The van der Waals surface area contributed by atoms with Gasteiger partial charge >= 0.3 is 0 Å². The second-order valence-electron chi connectivity index (χ2n) is 5.85. The van der Waals surface area contributed by atoms with E-state index in [1.807, 2.05) is 0 Å². The first-order valence-corrected chi connectivity index (χ1v) is 9.40. The second kappa shape index (κ2) is 7.01. The van der Waals surface area contributed by atoms with Crippen LogP contribution in [-0.2, 0) is 10.0 Å². The quantitative estimate of drug-likeness (QED) is 0.815. The van der Waals surface area contributed by atoms with E-state index in [0.717, 1.165) is 6.42 Å². The minimum atomic E-state index is -3.73. The topological polar surface area (TPSA) is 55.8 Å². The van der Waals surface area contributed by atoms with Crippen LogP contribution in [0.15, 0.2) is 47.4 Å². The Morgan fingerprint density at radius 1 is 1.08 bits per heavy atom. The Hall–Kier alpha value is -2.12. The summed E-state index contributed by atoms with van der Waals surface area (Å²) in [6.07, 6.45) is 1.39. The second-order valence-corrected chi connectivity index (χ2v) is 7.74. The van der Waals surface area contributed by atoms with Crippen LogP contribution in [0.25, 0.3) is 0 Å². The summed E-state index contributed by atoms with van der Waals surface area (Å²) < 4.78 is 51.6. The van der Waals surface area contributed by atoms with Crippen molar-refractivity contribution in [3.8, 4) is 11.5 Å². The molecular formula is C18H20FNO4S. The fourth-order valence-electron chi connectivity index (χ4n) is 3.19. The van der Waals surface area contributed by atoms with Crippen LogP contribution in [0.2, 0.25) is 0 Å². The Labute approximate surface area is 147 Å². The molecule has 1 unspecified atom stereocenters. The Balaban J connectivity index is 1.99. The van der Waals surface area contributed by atoms with Gasteiger partial charge in [-0.25, -0.2) is 12.8 Å². The van der Waals surface area contributed by atoms with Gasteiger partial charge in [-0.05, 0) is 42.7 Å². The molecule has 0 aromatic heterocycles. The van der Waals surface area contributed by atoms with Crippen molar-refractivity contribution in [2.45, 2.75) is 23.8 Å². The van der Waals surface area contributed by atoms with E-state index in [1.165, 1.54) is 42.8 Å². The molecule has 5 nitrogen and oxygen atoms in total. The van der Waals surface area contributed by atoms with E-state index in [2.05, 4.69) is 0 Å². The van der Waals surface area contributed by atoms with Crippen LogP contribution in [0.5, 0.6) is 11.5 Å². The van der Waals surface area contributed by atoms with E-state index in [9.17, 15) is 12.8 Å². The average molecular weight is 365 g/mol. The third-order valence-electron chi connectivity index (χ3n) is 4.40. The molecular weight excluding hydrogens is 345 g/mol. The van der Waals surface area contributed by atoms with Crippen LogP contribution in [-0.4, -0.2) is 33.5 Å². The van der Waals surface area contributed by atoms with Crippen molar-refractivity contribution >= 4 is 10.0 Å². The lowest BCUT2D eigenvalue weighted by Crippen LogP contribution is -2.30. The van der Waals surface area contributed by atoms with E-state index in [-0.39, 0.29) is 16.8 Å². The van der Waals surface area contributed by atoms with Crippen LogP contribution >= 0.6 is 0 Å². The number of methoxy groups -OCH3 is 2. The Bertz CT molecular complexity index is 869. The van der Waals surface area contributed by atoms with Crippen molar-refractivity contribution in [3.63, 3.8) is 0 Å². The van der Waals surface area contributed by atoms with Gasteiger partial charge in [-0.2, -0.15) is 4.31 Å². The van der Waals surface area contributed by atoms with Gasteiger partial charge in [-0.15, -0.1) is 0 Å². The Morgan fingerprint density at radius 3 is 2.52 bits per heavy atom. The molecule has 0 spiro atoms. The highest BCUT2D eigenvalue weighted by Crippen LogP contribution is 2.38. The van der Waals surface area contributed by atoms with Gasteiger partial charge in [0, 0.05) is 12.6 Å². The lowest BCUT2D eigenvalue weighted by atomic mass is 10.1. The maximum atomic E-state index is 13.6. The Kier molecular flexibility index (Phi) is 4.96. The predicted octanol–water partition coefficient (Wildman–Crippen LogP) is 3.37. The number of sulfonamides is 1. The summed E-state index contributed by atoms with van der Waals surface area (Å²) in [6, 6.07) is 10.3. The van der Waals surface area contributed by atoms with Crippen LogP contribution in [0.3, 0.4) is 0 Å². The molecule has 25 heavy (non-hydrogen) atoms. The maximum Gasteiger partial charge on any atom is 0.243 e. The summed E-state index contributed by atoms with van der Waals surface area (Å²) in [5.41, 5.74) is 0.668. The van der Waals surface area contributed by atoms with E-state index in [0.29, 0.717) is 30.0 Å². The molecule has 0 aliphatic carbocycles. The number of benzene rings is 2. The first-order valence-electron chi connectivity index (χ1n) is 7.96. The highest BCUT2D eigenvalue weighted by atomic mass is 32.2. The smallest absolute Gasteiger partial charge is 0.243 e. The molecule has 1 heterocycles. The van der Waals surface area contributed by atoms with Crippen molar-refractivity contribution in [1.29, 1.82) is 0 Å². The summed E-state index contributed by atoms with van der Waals surface area (Å²) in [6.45, 7) is 0.401. The molecule has 0 bridgehead atoms. The van der Waals surface area contributed by atoms with Crippen molar-refractivity contribution in [3.05, 3.63) is 53.8 Å². The van der Waals surface area contributed by atoms with E-state index in [4.69, 9.17) is 9.47 Å². The van der Waals surface area contributed by atoms with Gasteiger partial charge in [0.2, 0.25) is 10.0 Å².